The van der Waals surface area contributed by atoms with E-state index in [0.29, 0.717) is 6.29 Å². The van der Waals surface area contributed by atoms with Crippen LogP contribution in [0.4, 0.5) is 13.2 Å². The zero-order chi connectivity index (χ0) is 11.6. The van der Waals surface area contributed by atoms with E-state index in [1.807, 2.05) is 0 Å². The van der Waals surface area contributed by atoms with Gasteiger partial charge in [-0.1, -0.05) is 18.5 Å². The highest BCUT2D eigenvalue weighted by Gasteiger charge is 2.20. The standard InChI is InChI=1S/C10H8ClF3O/c1-5(2-3-15)6-4-7(12)8(11)10(14)9(6)13/h3-5H,2H2,1H3. The lowest BCUT2D eigenvalue weighted by molar-refractivity contribution is -0.108. The Morgan fingerprint density at radius 3 is 2.53 bits per heavy atom. The van der Waals surface area contributed by atoms with Crippen LogP contribution in [0.15, 0.2) is 6.07 Å². The van der Waals surface area contributed by atoms with Crippen molar-refractivity contribution in [2.45, 2.75) is 19.3 Å². The molecule has 0 amide bonds. The summed E-state index contributed by atoms with van der Waals surface area (Å²) in [5, 5.41) is -0.866. The summed E-state index contributed by atoms with van der Waals surface area (Å²) in [6.07, 6.45) is 0.561. The second-order valence-electron chi connectivity index (χ2n) is 3.19. The highest BCUT2D eigenvalue weighted by atomic mass is 35.5. The Bertz CT molecular complexity index is 393. The van der Waals surface area contributed by atoms with Gasteiger partial charge in [0.25, 0.3) is 0 Å². The van der Waals surface area contributed by atoms with Gasteiger partial charge < -0.3 is 4.79 Å². The summed E-state index contributed by atoms with van der Waals surface area (Å²) in [6, 6.07) is 0.814. The molecule has 1 aromatic carbocycles. The van der Waals surface area contributed by atoms with Gasteiger partial charge in [0.2, 0.25) is 0 Å². The zero-order valence-corrected chi connectivity index (χ0v) is 8.62. The number of benzene rings is 1. The predicted octanol–water partition coefficient (Wildman–Crippen LogP) is 3.45. The molecular weight excluding hydrogens is 229 g/mol. The van der Waals surface area contributed by atoms with E-state index in [2.05, 4.69) is 0 Å². The Hall–Kier alpha value is -1.03. The number of aldehydes is 1. The van der Waals surface area contributed by atoms with Crippen molar-refractivity contribution in [3.05, 3.63) is 34.1 Å². The van der Waals surface area contributed by atoms with Crippen molar-refractivity contribution in [1.29, 1.82) is 0 Å². The number of carbonyl (C=O) groups excluding carboxylic acids is 1. The number of hydrogen-bond acceptors (Lipinski definition) is 1. The third kappa shape index (κ3) is 2.31. The lowest BCUT2D eigenvalue weighted by Gasteiger charge is -2.11. The lowest BCUT2D eigenvalue weighted by Crippen LogP contribution is -2.03. The van der Waals surface area contributed by atoms with Crippen LogP contribution in [0.25, 0.3) is 0 Å². The summed E-state index contributed by atoms with van der Waals surface area (Å²) in [5.74, 6) is -4.22. The van der Waals surface area contributed by atoms with Crippen LogP contribution in [0.2, 0.25) is 5.02 Å². The first-order valence-electron chi connectivity index (χ1n) is 4.25. The summed E-state index contributed by atoms with van der Waals surface area (Å²) in [4.78, 5) is 10.2. The highest BCUT2D eigenvalue weighted by molar-refractivity contribution is 6.30. The van der Waals surface area contributed by atoms with Crippen LogP contribution >= 0.6 is 11.6 Å². The van der Waals surface area contributed by atoms with E-state index >= 15 is 0 Å². The molecule has 1 nitrogen and oxygen atoms in total. The normalized spacial score (nSPS) is 12.6. The second-order valence-corrected chi connectivity index (χ2v) is 3.57. The summed E-state index contributed by atoms with van der Waals surface area (Å²) >= 11 is 5.18. The molecule has 5 heteroatoms. The van der Waals surface area contributed by atoms with Crippen LogP contribution in [-0.4, -0.2) is 6.29 Å². The molecule has 0 aliphatic rings. The van der Waals surface area contributed by atoms with Crippen molar-refractivity contribution in [2.75, 3.05) is 0 Å². The molecule has 82 valence electrons. The molecule has 0 spiro atoms. The molecule has 1 atom stereocenters. The van der Waals surface area contributed by atoms with E-state index in [9.17, 15) is 18.0 Å². The molecule has 0 aliphatic carbocycles. The van der Waals surface area contributed by atoms with Crippen molar-refractivity contribution >= 4 is 17.9 Å². The van der Waals surface area contributed by atoms with Crippen molar-refractivity contribution in [3.63, 3.8) is 0 Å². The monoisotopic (exact) mass is 236 g/mol. The summed E-state index contributed by atoms with van der Waals surface area (Å²) < 4.78 is 39.3. The molecule has 1 rings (SSSR count). The summed E-state index contributed by atoms with van der Waals surface area (Å²) in [7, 11) is 0. The smallest absolute Gasteiger partial charge is 0.180 e. The minimum absolute atomic E-state index is 0.00255. The molecule has 0 aliphatic heterocycles. The Labute approximate surface area is 89.9 Å². The molecule has 0 bridgehead atoms. The molecule has 1 aromatic rings. The molecule has 1 unspecified atom stereocenters. The molecule has 0 aromatic heterocycles. The molecule has 0 saturated heterocycles. The number of rotatable bonds is 3. The van der Waals surface area contributed by atoms with Crippen LogP contribution < -0.4 is 0 Å². The van der Waals surface area contributed by atoms with E-state index in [1.54, 1.807) is 0 Å². The molecule has 0 fully saturated rings. The van der Waals surface area contributed by atoms with Crippen LogP contribution in [0.1, 0.15) is 24.8 Å². The van der Waals surface area contributed by atoms with Gasteiger partial charge in [0.15, 0.2) is 11.6 Å². The first kappa shape index (κ1) is 12.0. The molecular formula is C10H8ClF3O. The predicted molar refractivity (Wildman–Crippen MR) is 50.4 cm³/mol. The van der Waals surface area contributed by atoms with Crippen LogP contribution in [0.5, 0.6) is 0 Å². The maximum Gasteiger partial charge on any atom is 0.180 e. The number of hydrogen-bond donors (Lipinski definition) is 0. The average Bonchev–Trinajstić information content (AvgIpc) is 2.20. The first-order chi connectivity index (χ1) is 6.99. The maximum absolute atomic E-state index is 13.3. The van der Waals surface area contributed by atoms with E-state index in [-0.39, 0.29) is 12.0 Å². The van der Waals surface area contributed by atoms with Crippen LogP contribution in [0.3, 0.4) is 0 Å². The van der Waals surface area contributed by atoms with Crippen LogP contribution in [0, 0.1) is 17.5 Å². The summed E-state index contributed by atoms with van der Waals surface area (Å²) in [6.45, 7) is 1.50. The van der Waals surface area contributed by atoms with E-state index in [0.717, 1.165) is 6.07 Å². The Kier molecular flexibility index (Phi) is 3.74. The van der Waals surface area contributed by atoms with Crippen molar-refractivity contribution in [2.24, 2.45) is 0 Å². The lowest BCUT2D eigenvalue weighted by atomic mass is 9.97. The quantitative estimate of drug-likeness (QED) is 0.446. The van der Waals surface area contributed by atoms with Gasteiger partial charge in [-0.3, -0.25) is 0 Å². The molecule has 0 heterocycles. The fourth-order valence-corrected chi connectivity index (χ4v) is 1.36. The van der Waals surface area contributed by atoms with Crippen molar-refractivity contribution in [3.8, 4) is 0 Å². The van der Waals surface area contributed by atoms with Gasteiger partial charge in [0.05, 0.1) is 0 Å². The molecule has 0 saturated carbocycles. The SMILES string of the molecule is CC(CC=O)c1cc(F)c(Cl)c(F)c1F. The first-order valence-corrected chi connectivity index (χ1v) is 4.63. The third-order valence-corrected chi connectivity index (χ3v) is 2.46. The van der Waals surface area contributed by atoms with E-state index in [4.69, 9.17) is 11.6 Å². The van der Waals surface area contributed by atoms with Gasteiger partial charge >= 0.3 is 0 Å². The van der Waals surface area contributed by atoms with Gasteiger partial charge in [-0.25, -0.2) is 13.2 Å². The third-order valence-electron chi connectivity index (χ3n) is 2.11. The highest BCUT2D eigenvalue weighted by Crippen LogP contribution is 2.29. The zero-order valence-electron chi connectivity index (χ0n) is 7.86. The topological polar surface area (TPSA) is 17.1 Å². The Morgan fingerprint density at radius 2 is 2.00 bits per heavy atom. The molecule has 0 N–H and O–H groups in total. The van der Waals surface area contributed by atoms with Gasteiger partial charge in [-0.05, 0) is 17.5 Å². The fourth-order valence-electron chi connectivity index (χ4n) is 1.22. The van der Waals surface area contributed by atoms with E-state index < -0.39 is 28.4 Å². The van der Waals surface area contributed by atoms with Gasteiger partial charge in [0, 0.05) is 6.42 Å². The average molecular weight is 237 g/mol. The minimum atomic E-state index is -1.41. The second kappa shape index (κ2) is 4.66. The number of carbonyl (C=O) groups is 1. The van der Waals surface area contributed by atoms with Crippen molar-refractivity contribution in [1.82, 2.24) is 0 Å². The maximum atomic E-state index is 13.3. The number of halogens is 4. The molecule has 0 radical (unpaired) electrons. The van der Waals surface area contributed by atoms with Gasteiger partial charge in [-0.2, -0.15) is 0 Å². The summed E-state index contributed by atoms with van der Waals surface area (Å²) in [5.41, 5.74) is -0.179. The fraction of sp³-hybridized carbons (Fsp3) is 0.300. The largest absolute Gasteiger partial charge is 0.303 e. The Balaban J connectivity index is 3.25. The van der Waals surface area contributed by atoms with E-state index in [1.165, 1.54) is 6.92 Å². The Morgan fingerprint density at radius 1 is 1.40 bits per heavy atom. The molecule has 15 heavy (non-hydrogen) atoms. The van der Waals surface area contributed by atoms with Crippen LogP contribution in [-0.2, 0) is 4.79 Å². The minimum Gasteiger partial charge on any atom is -0.303 e. The van der Waals surface area contributed by atoms with Gasteiger partial charge in [-0.15, -0.1) is 0 Å². The van der Waals surface area contributed by atoms with Gasteiger partial charge in [0.1, 0.15) is 17.1 Å². The van der Waals surface area contributed by atoms with Crippen molar-refractivity contribution < 1.29 is 18.0 Å².